The highest BCUT2D eigenvalue weighted by atomic mass is 16.3. The maximum absolute atomic E-state index is 9.33. The van der Waals surface area contributed by atoms with Crippen LogP contribution in [0.3, 0.4) is 0 Å². The van der Waals surface area contributed by atoms with Gasteiger partial charge in [0, 0.05) is 12.1 Å². The Kier molecular flexibility index (Phi) is 4.43. The zero-order valence-electron chi connectivity index (χ0n) is 9.33. The van der Waals surface area contributed by atoms with Crippen LogP contribution in [0.5, 0.6) is 11.5 Å². The van der Waals surface area contributed by atoms with Gasteiger partial charge in [0.15, 0.2) is 0 Å². The number of phenolic OH excluding ortho intramolecular Hbond substituents is 2. The molecule has 0 saturated heterocycles. The molecule has 1 rings (SSSR count). The number of aromatic hydroxyl groups is 2. The molecule has 0 radical (unpaired) electrons. The van der Waals surface area contributed by atoms with Gasteiger partial charge < -0.3 is 15.5 Å². The maximum Gasteiger partial charge on any atom is 0.119 e. The first kappa shape index (κ1) is 11.9. The summed E-state index contributed by atoms with van der Waals surface area (Å²) >= 11 is 0. The molecule has 1 aromatic rings. The van der Waals surface area contributed by atoms with Crippen LogP contribution in [0.4, 0.5) is 0 Å². The van der Waals surface area contributed by atoms with Gasteiger partial charge in [-0.1, -0.05) is 13.3 Å². The Bertz CT molecular complexity index is 292. The summed E-state index contributed by atoms with van der Waals surface area (Å²) in [5.41, 5.74) is 0.906. The second-order valence-corrected chi connectivity index (χ2v) is 3.81. The minimum absolute atomic E-state index is 0.106. The molecule has 0 amide bonds. The summed E-state index contributed by atoms with van der Waals surface area (Å²) in [6.45, 7) is 5.12. The largest absolute Gasteiger partial charge is 0.508 e. The summed E-state index contributed by atoms with van der Waals surface area (Å²) in [4.78, 5) is 0. The molecule has 0 aliphatic heterocycles. The van der Waals surface area contributed by atoms with Gasteiger partial charge >= 0.3 is 0 Å². The third-order valence-electron chi connectivity index (χ3n) is 2.41. The van der Waals surface area contributed by atoms with E-state index >= 15 is 0 Å². The number of benzene rings is 1. The first-order chi connectivity index (χ1) is 7.13. The van der Waals surface area contributed by atoms with Crippen LogP contribution >= 0.6 is 0 Å². The lowest BCUT2D eigenvalue weighted by Gasteiger charge is -2.14. The molecule has 0 saturated carbocycles. The first-order valence-corrected chi connectivity index (χ1v) is 5.39. The van der Waals surface area contributed by atoms with E-state index in [4.69, 9.17) is 0 Å². The van der Waals surface area contributed by atoms with E-state index in [1.807, 2.05) is 6.92 Å². The van der Waals surface area contributed by atoms with Gasteiger partial charge in [-0.25, -0.2) is 0 Å². The third kappa shape index (κ3) is 3.80. The van der Waals surface area contributed by atoms with E-state index in [0.717, 1.165) is 24.9 Å². The van der Waals surface area contributed by atoms with Crippen molar-refractivity contribution in [1.29, 1.82) is 0 Å². The zero-order chi connectivity index (χ0) is 11.3. The van der Waals surface area contributed by atoms with Gasteiger partial charge in [-0.2, -0.15) is 0 Å². The number of phenols is 2. The molecule has 0 fully saturated rings. The number of hydrogen-bond donors (Lipinski definition) is 3. The zero-order valence-corrected chi connectivity index (χ0v) is 9.33. The van der Waals surface area contributed by atoms with Crippen LogP contribution < -0.4 is 5.32 Å². The predicted molar refractivity (Wildman–Crippen MR) is 61.1 cm³/mol. The van der Waals surface area contributed by atoms with Crippen LogP contribution in [0.1, 0.15) is 38.3 Å². The average Bonchev–Trinajstić information content (AvgIpc) is 2.16. The first-order valence-electron chi connectivity index (χ1n) is 5.39. The summed E-state index contributed by atoms with van der Waals surface area (Å²) in [7, 11) is 0. The highest BCUT2D eigenvalue weighted by molar-refractivity contribution is 5.37. The minimum Gasteiger partial charge on any atom is -0.508 e. The van der Waals surface area contributed by atoms with Gasteiger partial charge in [0.05, 0.1) is 0 Å². The molecule has 0 bridgehead atoms. The molecule has 3 N–H and O–H groups in total. The number of rotatable bonds is 5. The van der Waals surface area contributed by atoms with Crippen molar-refractivity contribution in [3.05, 3.63) is 23.8 Å². The third-order valence-corrected chi connectivity index (χ3v) is 2.41. The monoisotopic (exact) mass is 209 g/mol. The number of unbranched alkanes of at least 4 members (excludes halogenated alkanes) is 1. The van der Waals surface area contributed by atoms with Crippen LogP contribution in [-0.2, 0) is 0 Å². The van der Waals surface area contributed by atoms with Gasteiger partial charge in [-0.05, 0) is 37.6 Å². The second-order valence-electron chi connectivity index (χ2n) is 3.81. The van der Waals surface area contributed by atoms with Gasteiger partial charge in [0.2, 0.25) is 0 Å². The van der Waals surface area contributed by atoms with E-state index in [-0.39, 0.29) is 17.5 Å². The molecular formula is C12H19NO2. The highest BCUT2D eigenvalue weighted by Gasteiger charge is 2.06. The van der Waals surface area contributed by atoms with E-state index in [1.165, 1.54) is 6.07 Å². The Morgan fingerprint density at radius 1 is 1.20 bits per heavy atom. The van der Waals surface area contributed by atoms with Crippen molar-refractivity contribution in [3.63, 3.8) is 0 Å². The van der Waals surface area contributed by atoms with E-state index < -0.39 is 0 Å². The molecule has 1 unspecified atom stereocenters. The van der Waals surface area contributed by atoms with E-state index in [2.05, 4.69) is 12.2 Å². The molecule has 3 heteroatoms. The Hall–Kier alpha value is -1.22. The lowest BCUT2D eigenvalue weighted by molar-refractivity contribution is 0.446. The molecule has 84 valence electrons. The Balaban J connectivity index is 2.60. The van der Waals surface area contributed by atoms with Crippen molar-refractivity contribution < 1.29 is 10.2 Å². The van der Waals surface area contributed by atoms with Gasteiger partial charge in [0.1, 0.15) is 11.5 Å². The maximum atomic E-state index is 9.33. The van der Waals surface area contributed by atoms with Crippen molar-refractivity contribution in [2.75, 3.05) is 6.54 Å². The molecule has 3 nitrogen and oxygen atoms in total. The van der Waals surface area contributed by atoms with Crippen LogP contribution in [0.25, 0.3) is 0 Å². The summed E-state index contributed by atoms with van der Waals surface area (Å²) in [6.07, 6.45) is 2.29. The van der Waals surface area contributed by atoms with Crippen molar-refractivity contribution in [3.8, 4) is 11.5 Å². The predicted octanol–water partition coefficient (Wildman–Crippen LogP) is 2.55. The molecule has 15 heavy (non-hydrogen) atoms. The summed E-state index contributed by atoms with van der Waals surface area (Å²) in [6, 6.07) is 4.82. The van der Waals surface area contributed by atoms with Crippen LogP contribution in [0.2, 0.25) is 0 Å². The van der Waals surface area contributed by atoms with Crippen molar-refractivity contribution in [2.24, 2.45) is 0 Å². The molecule has 0 spiro atoms. The Labute approximate surface area is 90.8 Å². The van der Waals surface area contributed by atoms with Crippen LogP contribution in [-0.4, -0.2) is 16.8 Å². The summed E-state index contributed by atoms with van der Waals surface area (Å²) in [5.74, 6) is 0.211. The summed E-state index contributed by atoms with van der Waals surface area (Å²) < 4.78 is 0. The number of hydrogen-bond acceptors (Lipinski definition) is 3. The van der Waals surface area contributed by atoms with Crippen molar-refractivity contribution >= 4 is 0 Å². The number of nitrogens with one attached hydrogen (secondary N) is 1. The quantitative estimate of drug-likeness (QED) is 0.653. The fraction of sp³-hybridized carbons (Fsp3) is 0.500. The Morgan fingerprint density at radius 3 is 2.33 bits per heavy atom. The molecule has 0 aliphatic carbocycles. The Morgan fingerprint density at radius 2 is 1.80 bits per heavy atom. The summed E-state index contributed by atoms with van der Waals surface area (Å²) in [5, 5.41) is 22.0. The highest BCUT2D eigenvalue weighted by Crippen LogP contribution is 2.24. The molecule has 1 aromatic carbocycles. The standard InChI is InChI=1S/C12H19NO2/c1-3-4-5-13-9(2)10-6-11(14)8-12(15)7-10/h6-9,13-15H,3-5H2,1-2H3. The van der Waals surface area contributed by atoms with Crippen molar-refractivity contribution in [2.45, 2.75) is 32.7 Å². The molecule has 0 aromatic heterocycles. The normalized spacial score (nSPS) is 12.7. The SMILES string of the molecule is CCCCNC(C)c1cc(O)cc(O)c1. The molecule has 1 atom stereocenters. The molecular weight excluding hydrogens is 190 g/mol. The minimum atomic E-state index is 0.106. The fourth-order valence-corrected chi connectivity index (χ4v) is 1.48. The molecule has 0 heterocycles. The van der Waals surface area contributed by atoms with Crippen LogP contribution in [0.15, 0.2) is 18.2 Å². The van der Waals surface area contributed by atoms with Gasteiger partial charge in [-0.15, -0.1) is 0 Å². The second kappa shape index (κ2) is 5.61. The lowest BCUT2D eigenvalue weighted by Crippen LogP contribution is -2.19. The van der Waals surface area contributed by atoms with E-state index in [1.54, 1.807) is 12.1 Å². The van der Waals surface area contributed by atoms with Gasteiger partial charge in [-0.3, -0.25) is 0 Å². The molecule has 0 aliphatic rings. The smallest absolute Gasteiger partial charge is 0.119 e. The average molecular weight is 209 g/mol. The van der Waals surface area contributed by atoms with Crippen LogP contribution in [0, 0.1) is 0 Å². The van der Waals surface area contributed by atoms with Gasteiger partial charge in [0.25, 0.3) is 0 Å². The fourth-order valence-electron chi connectivity index (χ4n) is 1.48. The lowest BCUT2D eigenvalue weighted by atomic mass is 10.1. The van der Waals surface area contributed by atoms with E-state index in [9.17, 15) is 10.2 Å². The van der Waals surface area contributed by atoms with Crippen molar-refractivity contribution in [1.82, 2.24) is 5.32 Å². The van der Waals surface area contributed by atoms with E-state index in [0.29, 0.717) is 0 Å². The topological polar surface area (TPSA) is 52.5 Å².